The largest absolute Gasteiger partial charge is 0.462 e. The van der Waals surface area contributed by atoms with Crippen molar-refractivity contribution in [2.75, 3.05) is 6.61 Å². The first-order valence-electron chi connectivity index (χ1n) is 8.01. The second kappa shape index (κ2) is 8.88. The number of carbonyl (C=O) groups excluding carboxylic acids is 2. The molecule has 2 aromatic rings. The van der Waals surface area contributed by atoms with Crippen molar-refractivity contribution < 1.29 is 18.7 Å². The minimum Gasteiger partial charge on any atom is -0.462 e. The molecule has 0 amide bonds. The van der Waals surface area contributed by atoms with Crippen LogP contribution in [0, 0.1) is 35.4 Å². The standard InChI is InChI=1S/C20H15FN2O3S/c1-3-26-20(25)19-12(2)16(11-23)18(27-19)9-17(24)14(10-22)8-13-4-6-15(21)7-5-13/h4-8H,3,9H2,1-2H3/b14-8+. The van der Waals surface area contributed by atoms with Crippen LogP contribution in [-0.2, 0) is 16.0 Å². The number of ether oxygens (including phenoxy) is 1. The smallest absolute Gasteiger partial charge is 0.348 e. The number of esters is 1. The molecule has 2 rings (SSSR count). The number of hydrogen-bond donors (Lipinski definition) is 0. The van der Waals surface area contributed by atoms with Gasteiger partial charge in [-0.15, -0.1) is 11.3 Å². The quantitative estimate of drug-likeness (QED) is 0.428. The van der Waals surface area contributed by atoms with Crippen LogP contribution in [0.2, 0.25) is 0 Å². The molecule has 0 atom stereocenters. The highest BCUT2D eigenvalue weighted by atomic mass is 32.1. The van der Waals surface area contributed by atoms with Crippen molar-refractivity contribution in [1.29, 1.82) is 10.5 Å². The summed E-state index contributed by atoms with van der Waals surface area (Å²) in [6.45, 7) is 3.50. The average Bonchev–Trinajstić information content (AvgIpc) is 2.96. The van der Waals surface area contributed by atoms with Crippen LogP contribution in [0.5, 0.6) is 0 Å². The molecule has 0 spiro atoms. The molecular weight excluding hydrogens is 367 g/mol. The maximum atomic E-state index is 13.0. The molecule has 1 aromatic carbocycles. The number of hydrogen-bond acceptors (Lipinski definition) is 6. The Balaban J connectivity index is 2.32. The molecule has 0 fully saturated rings. The topological polar surface area (TPSA) is 90.9 Å². The van der Waals surface area contributed by atoms with Gasteiger partial charge in [0.1, 0.15) is 22.8 Å². The number of nitrogens with zero attached hydrogens (tertiary/aromatic N) is 2. The van der Waals surface area contributed by atoms with Gasteiger partial charge < -0.3 is 4.74 Å². The van der Waals surface area contributed by atoms with Crippen molar-refractivity contribution in [2.45, 2.75) is 20.3 Å². The van der Waals surface area contributed by atoms with Crippen LogP contribution in [0.25, 0.3) is 6.08 Å². The molecule has 0 unspecified atom stereocenters. The Labute approximate surface area is 159 Å². The van der Waals surface area contributed by atoms with Crippen LogP contribution in [0.15, 0.2) is 29.8 Å². The van der Waals surface area contributed by atoms with Gasteiger partial charge in [-0.25, -0.2) is 9.18 Å². The summed E-state index contributed by atoms with van der Waals surface area (Å²) >= 11 is 1.02. The van der Waals surface area contributed by atoms with Crippen LogP contribution in [0.1, 0.15) is 38.2 Å². The Kier molecular flexibility index (Phi) is 6.59. The zero-order valence-electron chi connectivity index (χ0n) is 14.7. The number of halogens is 1. The molecule has 0 radical (unpaired) electrons. The maximum Gasteiger partial charge on any atom is 0.348 e. The Morgan fingerprint density at radius 2 is 1.93 bits per heavy atom. The summed E-state index contributed by atoms with van der Waals surface area (Å²) in [7, 11) is 0. The third kappa shape index (κ3) is 4.66. The molecule has 1 heterocycles. The van der Waals surface area contributed by atoms with E-state index in [1.165, 1.54) is 30.3 Å². The SMILES string of the molecule is CCOC(=O)c1sc(CC(=O)/C(C#N)=C/c2ccc(F)cc2)c(C#N)c1C. The third-order valence-corrected chi connectivity index (χ3v) is 4.99. The predicted molar refractivity (Wildman–Crippen MR) is 98.4 cm³/mol. The van der Waals surface area contributed by atoms with Gasteiger partial charge in [0.2, 0.25) is 0 Å². The van der Waals surface area contributed by atoms with Gasteiger partial charge in [-0.1, -0.05) is 12.1 Å². The van der Waals surface area contributed by atoms with Crippen molar-refractivity contribution in [3.05, 3.63) is 62.1 Å². The molecule has 136 valence electrons. The highest BCUT2D eigenvalue weighted by Crippen LogP contribution is 2.29. The maximum absolute atomic E-state index is 13.0. The van der Waals surface area contributed by atoms with Crippen LogP contribution in [0.3, 0.4) is 0 Å². The van der Waals surface area contributed by atoms with Gasteiger partial charge in [-0.2, -0.15) is 10.5 Å². The normalized spacial score (nSPS) is 10.8. The Morgan fingerprint density at radius 1 is 1.26 bits per heavy atom. The molecule has 7 heteroatoms. The van der Waals surface area contributed by atoms with Crippen LogP contribution < -0.4 is 0 Å². The van der Waals surface area contributed by atoms with Gasteiger partial charge in [-0.3, -0.25) is 4.79 Å². The summed E-state index contributed by atoms with van der Waals surface area (Å²) in [6, 6.07) is 9.21. The first-order valence-corrected chi connectivity index (χ1v) is 8.82. The van der Waals surface area contributed by atoms with E-state index in [-0.39, 0.29) is 29.0 Å². The van der Waals surface area contributed by atoms with Crippen LogP contribution in [0.4, 0.5) is 4.39 Å². The van der Waals surface area contributed by atoms with Gasteiger partial charge in [0, 0.05) is 11.3 Å². The number of rotatable bonds is 6. The number of allylic oxidation sites excluding steroid dienone is 1. The summed E-state index contributed by atoms with van der Waals surface area (Å²) in [5, 5.41) is 18.7. The summed E-state index contributed by atoms with van der Waals surface area (Å²) in [4.78, 5) is 25.2. The summed E-state index contributed by atoms with van der Waals surface area (Å²) < 4.78 is 17.9. The third-order valence-electron chi connectivity index (χ3n) is 3.72. The first kappa shape index (κ1) is 20.0. The first-order chi connectivity index (χ1) is 12.9. The minimum atomic E-state index is -0.544. The highest BCUT2D eigenvalue weighted by Gasteiger charge is 2.23. The second-order valence-electron chi connectivity index (χ2n) is 5.51. The molecule has 0 saturated carbocycles. The van der Waals surface area contributed by atoms with Gasteiger partial charge in [-0.05, 0) is 43.2 Å². The summed E-state index contributed by atoms with van der Waals surface area (Å²) in [6.07, 6.45) is 1.18. The number of nitriles is 2. The molecule has 0 aliphatic carbocycles. The lowest BCUT2D eigenvalue weighted by Crippen LogP contribution is -2.05. The van der Waals surface area contributed by atoms with Crippen molar-refractivity contribution in [3.63, 3.8) is 0 Å². The van der Waals surface area contributed by atoms with E-state index in [2.05, 4.69) is 0 Å². The van der Waals surface area contributed by atoms with E-state index in [4.69, 9.17) is 4.74 Å². The van der Waals surface area contributed by atoms with Crippen molar-refractivity contribution >= 4 is 29.2 Å². The van der Waals surface area contributed by atoms with Gasteiger partial charge in [0.05, 0.1) is 17.7 Å². The Morgan fingerprint density at radius 3 is 2.48 bits per heavy atom. The zero-order valence-corrected chi connectivity index (χ0v) is 15.5. The van der Waals surface area contributed by atoms with E-state index in [0.717, 1.165) is 11.3 Å². The van der Waals surface area contributed by atoms with Gasteiger partial charge in [0.15, 0.2) is 5.78 Å². The van der Waals surface area contributed by atoms with Crippen LogP contribution >= 0.6 is 11.3 Å². The van der Waals surface area contributed by atoms with E-state index in [9.17, 15) is 24.5 Å². The predicted octanol–water partition coefficient (Wildman–Crippen LogP) is 3.96. The van der Waals surface area contributed by atoms with E-state index in [1.807, 2.05) is 12.1 Å². The highest BCUT2D eigenvalue weighted by molar-refractivity contribution is 7.14. The lowest BCUT2D eigenvalue weighted by atomic mass is 10.0. The van der Waals surface area contributed by atoms with Crippen molar-refractivity contribution in [3.8, 4) is 12.1 Å². The van der Waals surface area contributed by atoms with Crippen LogP contribution in [-0.4, -0.2) is 18.4 Å². The lowest BCUT2D eigenvalue weighted by Gasteiger charge is -1.99. The monoisotopic (exact) mass is 382 g/mol. The van der Waals surface area contributed by atoms with E-state index < -0.39 is 17.6 Å². The molecular formula is C20H15FN2O3S. The fourth-order valence-electron chi connectivity index (χ4n) is 2.38. The Bertz CT molecular complexity index is 992. The summed E-state index contributed by atoms with van der Waals surface area (Å²) in [5.41, 5.74) is 1.10. The number of benzene rings is 1. The molecule has 0 aliphatic heterocycles. The molecule has 0 bridgehead atoms. The number of ketones is 1. The zero-order chi connectivity index (χ0) is 20.0. The number of Topliss-reactive ketones (excluding diaryl/α,β-unsaturated/α-hetero) is 1. The number of thiophene rings is 1. The number of carbonyl (C=O) groups is 2. The van der Waals surface area contributed by atoms with Gasteiger partial charge >= 0.3 is 5.97 Å². The molecule has 0 N–H and O–H groups in total. The molecule has 1 aromatic heterocycles. The summed E-state index contributed by atoms with van der Waals surface area (Å²) in [5.74, 6) is -1.45. The minimum absolute atomic E-state index is 0.116. The second-order valence-corrected chi connectivity index (χ2v) is 6.61. The molecule has 5 nitrogen and oxygen atoms in total. The van der Waals surface area contributed by atoms with Crippen molar-refractivity contribution in [2.24, 2.45) is 0 Å². The fourth-order valence-corrected chi connectivity index (χ4v) is 3.53. The van der Waals surface area contributed by atoms with Crippen molar-refractivity contribution in [1.82, 2.24) is 0 Å². The average molecular weight is 382 g/mol. The molecule has 27 heavy (non-hydrogen) atoms. The van der Waals surface area contributed by atoms with E-state index >= 15 is 0 Å². The van der Waals surface area contributed by atoms with E-state index in [1.54, 1.807) is 13.8 Å². The lowest BCUT2D eigenvalue weighted by molar-refractivity contribution is -0.114. The fraction of sp³-hybridized carbons (Fsp3) is 0.200. The van der Waals surface area contributed by atoms with E-state index in [0.29, 0.717) is 16.0 Å². The Hall–Kier alpha value is -3.29. The molecule has 0 aliphatic rings. The van der Waals surface area contributed by atoms with Gasteiger partial charge in [0.25, 0.3) is 0 Å². The molecule has 0 saturated heterocycles.